The second kappa shape index (κ2) is 32.5. The van der Waals surface area contributed by atoms with Gasteiger partial charge in [-0.25, -0.2) is 0 Å². The lowest BCUT2D eigenvalue weighted by Gasteiger charge is -2.18. The summed E-state index contributed by atoms with van der Waals surface area (Å²) in [4.78, 5) is 23.2. The molecule has 0 aromatic rings. The standard InChI is InChI=1S/C36H70O4/c1-3-5-7-9-11-12-13-14-15-16-17-18-19-20-21-23-29-33-36(39)40-34(30-26-22-10-8-6-4-2)31-27-24-25-28-32-35(37)38/h34H,3-33H2,1-2H3,(H,37,38). The molecular weight excluding hydrogens is 496 g/mol. The number of esters is 1. The topological polar surface area (TPSA) is 63.6 Å². The van der Waals surface area contributed by atoms with Crippen LogP contribution in [-0.4, -0.2) is 23.1 Å². The fourth-order valence-corrected chi connectivity index (χ4v) is 5.66. The van der Waals surface area contributed by atoms with E-state index in [9.17, 15) is 9.59 Å². The van der Waals surface area contributed by atoms with E-state index in [4.69, 9.17) is 9.84 Å². The summed E-state index contributed by atoms with van der Waals surface area (Å²) in [6.07, 6.45) is 37.0. The predicted molar refractivity (Wildman–Crippen MR) is 172 cm³/mol. The normalized spacial score (nSPS) is 12.1. The van der Waals surface area contributed by atoms with Crippen molar-refractivity contribution in [3.63, 3.8) is 0 Å². The van der Waals surface area contributed by atoms with Crippen LogP contribution in [0.1, 0.15) is 213 Å². The number of unbranched alkanes of at least 4 members (excludes halogenated alkanes) is 24. The van der Waals surface area contributed by atoms with Gasteiger partial charge in [0, 0.05) is 12.8 Å². The van der Waals surface area contributed by atoms with Crippen LogP contribution in [0, 0.1) is 0 Å². The van der Waals surface area contributed by atoms with E-state index in [-0.39, 0.29) is 18.5 Å². The molecule has 4 heteroatoms. The van der Waals surface area contributed by atoms with E-state index in [1.807, 2.05) is 0 Å². The number of aliphatic carboxylic acids is 1. The van der Waals surface area contributed by atoms with Crippen molar-refractivity contribution in [3.05, 3.63) is 0 Å². The minimum absolute atomic E-state index is 0.0113. The molecular formula is C36H70O4. The minimum Gasteiger partial charge on any atom is -0.481 e. The van der Waals surface area contributed by atoms with E-state index in [1.165, 1.54) is 128 Å². The number of carbonyl (C=O) groups is 2. The Kier molecular flexibility index (Phi) is 31.6. The van der Waals surface area contributed by atoms with E-state index < -0.39 is 5.97 Å². The van der Waals surface area contributed by atoms with Gasteiger partial charge >= 0.3 is 11.9 Å². The van der Waals surface area contributed by atoms with Crippen LogP contribution in [0.3, 0.4) is 0 Å². The lowest BCUT2D eigenvalue weighted by atomic mass is 10.0. The fourth-order valence-electron chi connectivity index (χ4n) is 5.66. The van der Waals surface area contributed by atoms with Crippen molar-refractivity contribution in [1.29, 1.82) is 0 Å². The number of carboxylic acid groups (broad SMARTS) is 1. The van der Waals surface area contributed by atoms with Gasteiger partial charge in [0.15, 0.2) is 0 Å². The predicted octanol–water partition coefficient (Wildman–Crippen LogP) is 12.1. The molecule has 0 saturated carbocycles. The molecule has 0 amide bonds. The van der Waals surface area contributed by atoms with Crippen LogP contribution in [0.4, 0.5) is 0 Å². The molecule has 0 aliphatic rings. The Labute approximate surface area is 250 Å². The lowest BCUT2D eigenvalue weighted by molar-refractivity contribution is -0.150. The smallest absolute Gasteiger partial charge is 0.306 e. The third kappa shape index (κ3) is 31.5. The summed E-state index contributed by atoms with van der Waals surface area (Å²) in [5, 5.41) is 8.79. The van der Waals surface area contributed by atoms with Crippen LogP contribution < -0.4 is 0 Å². The van der Waals surface area contributed by atoms with E-state index in [2.05, 4.69) is 13.8 Å². The average molecular weight is 567 g/mol. The first kappa shape index (κ1) is 38.9. The molecule has 0 saturated heterocycles. The van der Waals surface area contributed by atoms with Gasteiger partial charge < -0.3 is 9.84 Å². The van der Waals surface area contributed by atoms with E-state index in [0.717, 1.165) is 57.8 Å². The number of hydrogen-bond donors (Lipinski definition) is 1. The van der Waals surface area contributed by atoms with Crippen molar-refractivity contribution >= 4 is 11.9 Å². The highest BCUT2D eigenvalue weighted by Gasteiger charge is 2.14. The highest BCUT2D eigenvalue weighted by Crippen LogP contribution is 2.19. The van der Waals surface area contributed by atoms with Crippen LogP contribution in [0.15, 0.2) is 0 Å². The molecule has 0 fully saturated rings. The zero-order chi connectivity index (χ0) is 29.4. The van der Waals surface area contributed by atoms with Gasteiger partial charge in [0.25, 0.3) is 0 Å². The number of carboxylic acids is 1. The molecule has 0 aliphatic heterocycles. The van der Waals surface area contributed by atoms with Crippen LogP contribution >= 0.6 is 0 Å². The Hall–Kier alpha value is -1.06. The second-order valence-electron chi connectivity index (χ2n) is 12.4. The van der Waals surface area contributed by atoms with Crippen LogP contribution in [-0.2, 0) is 14.3 Å². The van der Waals surface area contributed by atoms with Crippen LogP contribution in [0.25, 0.3) is 0 Å². The molecule has 0 bridgehead atoms. The first-order valence-corrected chi connectivity index (χ1v) is 18.0. The lowest BCUT2D eigenvalue weighted by Crippen LogP contribution is -2.18. The van der Waals surface area contributed by atoms with Crippen LogP contribution in [0.2, 0.25) is 0 Å². The summed E-state index contributed by atoms with van der Waals surface area (Å²) in [5.74, 6) is -0.720. The molecule has 0 spiro atoms. The molecule has 0 heterocycles. The molecule has 1 atom stereocenters. The summed E-state index contributed by atoms with van der Waals surface area (Å²) < 4.78 is 5.92. The summed E-state index contributed by atoms with van der Waals surface area (Å²) in [5.41, 5.74) is 0. The van der Waals surface area contributed by atoms with E-state index in [0.29, 0.717) is 6.42 Å². The van der Waals surface area contributed by atoms with Gasteiger partial charge in [0.05, 0.1) is 0 Å². The van der Waals surface area contributed by atoms with Crippen molar-refractivity contribution in [3.8, 4) is 0 Å². The van der Waals surface area contributed by atoms with Gasteiger partial charge in [-0.1, -0.05) is 162 Å². The number of hydrogen-bond acceptors (Lipinski definition) is 3. The van der Waals surface area contributed by atoms with Gasteiger partial charge in [-0.15, -0.1) is 0 Å². The summed E-state index contributed by atoms with van der Waals surface area (Å²) >= 11 is 0. The molecule has 4 nitrogen and oxygen atoms in total. The SMILES string of the molecule is CCCCCCCCCCCCCCCCCCCC(=O)OC(CCCCCCCC)CCCCCCC(=O)O. The first-order valence-electron chi connectivity index (χ1n) is 18.0. The Morgan fingerprint density at radius 3 is 1.10 bits per heavy atom. The van der Waals surface area contributed by atoms with Crippen molar-refractivity contribution < 1.29 is 19.4 Å². The van der Waals surface area contributed by atoms with Crippen molar-refractivity contribution in [2.24, 2.45) is 0 Å². The summed E-state index contributed by atoms with van der Waals surface area (Å²) in [6, 6.07) is 0. The number of ether oxygens (including phenoxy) is 1. The fraction of sp³-hybridized carbons (Fsp3) is 0.944. The largest absolute Gasteiger partial charge is 0.481 e. The molecule has 0 aromatic carbocycles. The first-order chi connectivity index (χ1) is 19.6. The van der Waals surface area contributed by atoms with Crippen molar-refractivity contribution in [2.75, 3.05) is 0 Å². The number of rotatable bonds is 33. The highest BCUT2D eigenvalue weighted by molar-refractivity contribution is 5.69. The molecule has 1 N–H and O–H groups in total. The Morgan fingerprint density at radius 1 is 0.450 bits per heavy atom. The van der Waals surface area contributed by atoms with Crippen molar-refractivity contribution in [1.82, 2.24) is 0 Å². The maximum atomic E-state index is 12.5. The Morgan fingerprint density at radius 2 is 0.750 bits per heavy atom. The van der Waals surface area contributed by atoms with Gasteiger partial charge in [0.1, 0.15) is 6.10 Å². The average Bonchev–Trinajstić information content (AvgIpc) is 2.93. The maximum Gasteiger partial charge on any atom is 0.306 e. The number of carbonyl (C=O) groups excluding carboxylic acids is 1. The quantitative estimate of drug-likeness (QED) is 0.0633. The molecule has 0 aliphatic carbocycles. The van der Waals surface area contributed by atoms with Gasteiger partial charge in [-0.05, 0) is 38.5 Å². The summed E-state index contributed by atoms with van der Waals surface area (Å²) in [7, 11) is 0. The molecule has 238 valence electrons. The third-order valence-electron chi connectivity index (χ3n) is 8.33. The van der Waals surface area contributed by atoms with E-state index in [1.54, 1.807) is 0 Å². The minimum atomic E-state index is -0.709. The third-order valence-corrected chi connectivity index (χ3v) is 8.33. The maximum absolute atomic E-state index is 12.5. The molecule has 0 radical (unpaired) electrons. The van der Waals surface area contributed by atoms with Gasteiger partial charge in [-0.3, -0.25) is 9.59 Å². The van der Waals surface area contributed by atoms with Crippen LogP contribution in [0.5, 0.6) is 0 Å². The van der Waals surface area contributed by atoms with E-state index >= 15 is 0 Å². The van der Waals surface area contributed by atoms with Gasteiger partial charge in [0.2, 0.25) is 0 Å². The molecule has 1 unspecified atom stereocenters. The zero-order valence-electron chi connectivity index (χ0n) is 27.2. The Balaban J connectivity index is 3.77. The summed E-state index contributed by atoms with van der Waals surface area (Å²) in [6.45, 7) is 4.53. The highest BCUT2D eigenvalue weighted by atomic mass is 16.5. The molecule has 0 rings (SSSR count). The Bertz CT molecular complexity index is 533. The second-order valence-corrected chi connectivity index (χ2v) is 12.4. The molecule has 40 heavy (non-hydrogen) atoms. The van der Waals surface area contributed by atoms with Gasteiger partial charge in [-0.2, -0.15) is 0 Å². The monoisotopic (exact) mass is 567 g/mol. The zero-order valence-corrected chi connectivity index (χ0v) is 27.2. The van der Waals surface area contributed by atoms with Crippen molar-refractivity contribution in [2.45, 2.75) is 219 Å². The molecule has 0 aromatic heterocycles.